The smallest absolute Gasteiger partial charge is 0.252 e. The van der Waals surface area contributed by atoms with Gasteiger partial charge in [0.05, 0.1) is 17.0 Å². The van der Waals surface area contributed by atoms with Gasteiger partial charge in [-0.05, 0) is 61.4 Å². The Kier molecular flexibility index (Phi) is 5.78. The van der Waals surface area contributed by atoms with Crippen LogP contribution in [0.25, 0.3) is 0 Å². The van der Waals surface area contributed by atoms with E-state index >= 15 is 0 Å². The SMILES string of the molecule is O=C1CC(N(C2CCCC2)S(=O)(=O)c2ccc(Br)cc2)C(=O)N1c1ccc(F)cc1. The Bertz CT molecular complexity index is 1070. The number of anilines is 1. The van der Waals surface area contributed by atoms with Gasteiger partial charge in [0, 0.05) is 10.5 Å². The third-order valence-corrected chi connectivity index (χ3v) is 8.09. The van der Waals surface area contributed by atoms with Gasteiger partial charge in [-0.3, -0.25) is 9.59 Å². The van der Waals surface area contributed by atoms with Crippen LogP contribution in [0.3, 0.4) is 0 Å². The van der Waals surface area contributed by atoms with Crippen LogP contribution in [-0.4, -0.2) is 36.6 Å². The molecule has 9 heteroatoms. The third-order valence-electron chi connectivity index (χ3n) is 5.59. The molecule has 2 fully saturated rings. The van der Waals surface area contributed by atoms with Gasteiger partial charge >= 0.3 is 0 Å². The predicted octanol–water partition coefficient (Wildman–Crippen LogP) is 3.85. The van der Waals surface area contributed by atoms with Crippen molar-refractivity contribution in [3.8, 4) is 0 Å². The van der Waals surface area contributed by atoms with Crippen LogP contribution in [0.5, 0.6) is 0 Å². The van der Waals surface area contributed by atoms with Crippen LogP contribution in [0.1, 0.15) is 32.1 Å². The van der Waals surface area contributed by atoms with Crippen LogP contribution in [0.2, 0.25) is 0 Å². The maximum absolute atomic E-state index is 13.5. The van der Waals surface area contributed by atoms with Gasteiger partial charge in [0.25, 0.3) is 5.91 Å². The first-order valence-corrected chi connectivity index (χ1v) is 11.9. The maximum atomic E-state index is 13.5. The maximum Gasteiger partial charge on any atom is 0.252 e. The molecule has 2 aliphatic rings. The second-order valence-corrected chi connectivity index (χ2v) is 10.2. The van der Waals surface area contributed by atoms with E-state index in [9.17, 15) is 22.4 Å². The van der Waals surface area contributed by atoms with Gasteiger partial charge in [-0.2, -0.15) is 4.31 Å². The van der Waals surface area contributed by atoms with Crippen molar-refractivity contribution >= 4 is 43.5 Å². The molecule has 30 heavy (non-hydrogen) atoms. The lowest BCUT2D eigenvalue weighted by Crippen LogP contribution is -2.49. The summed E-state index contributed by atoms with van der Waals surface area (Å²) in [5.41, 5.74) is 0.237. The molecule has 1 aliphatic carbocycles. The van der Waals surface area contributed by atoms with Gasteiger partial charge in [0.1, 0.15) is 11.9 Å². The molecule has 1 atom stereocenters. The lowest BCUT2D eigenvalue weighted by molar-refractivity contribution is -0.122. The predicted molar refractivity (Wildman–Crippen MR) is 113 cm³/mol. The number of carbonyl (C=O) groups is 2. The van der Waals surface area contributed by atoms with E-state index in [1.165, 1.54) is 28.6 Å². The molecule has 0 radical (unpaired) electrons. The molecular weight excluding hydrogens is 475 g/mol. The topological polar surface area (TPSA) is 74.8 Å². The third kappa shape index (κ3) is 3.81. The quantitative estimate of drug-likeness (QED) is 0.591. The highest BCUT2D eigenvalue weighted by Crippen LogP contribution is 2.35. The number of hydrogen-bond donors (Lipinski definition) is 0. The van der Waals surface area contributed by atoms with E-state index in [4.69, 9.17) is 0 Å². The largest absolute Gasteiger partial charge is 0.274 e. The summed E-state index contributed by atoms with van der Waals surface area (Å²) in [5.74, 6) is -1.58. The van der Waals surface area contributed by atoms with Crippen molar-refractivity contribution in [2.75, 3.05) is 4.90 Å². The fraction of sp³-hybridized carbons (Fsp3) is 0.333. The molecule has 2 aromatic carbocycles. The molecular formula is C21H20BrFN2O4S. The van der Waals surface area contributed by atoms with E-state index in [1.54, 1.807) is 12.1 Å². The standard InChI is InChI=1S/C21H20BrFN2O4S/c22-14-5-11-18(12-6-14)30(28,29)25(17-3-1-2-4-17)19-13-20(26)24(21(19)27)16-9-7-15(23)8-10-16/h5-12,17,19H,1-4,13H2. The minimum Gasteiger partial charge on any atom is -0.274 e. The van der Waals surface area contributed by atoms with E-state index in [-0.39, 0.29) is 23.0 Å². The summed E-state index contributed by atoms with van der Waals surface area (Å²) in [6.07, 6.45) is 2.79. The van der Waals surface area contributed by atoms with Crippen LogP contribution >= 0.6 is 15.9 Å². The normalized spacial score (nSPS) is 20.5. The lowest BCUT2D eigenvalue weighted by atomic mass is 10.2. The van der Waals surface area contributed by atoms with Crippen LogP contribution < -0.4 is 4.90 Å². The zero-order valence-electron chi connectivity index (χ0n) is 16.0. The summed E-state index contributed by atoms with van der Waals surface area (Å²) in [7, 11) is -4.00. The molecule has 4 rings (SSSR count). The second kappa shape index (κ2) is 8.20. The van der Waals surface area contributed by atoms with Crippen molar-refractivity contribution in [3.63, 3.8) is 0 Å². The monoisotopic (exact) mass is 494 g/mol. The molecule has 1 saturated carbocycles. The summed E-state index contributed by atoms with van der Waals surface area (Å²) in [6, 6.07) is 9.80. The van der Waals surface area contributed by atoms with Gasteiger partial charge in [-0.15, -0.1) is 0 Å². The Hall–Kier alpha value is -2.10. The Morgan fingerprint density at radius 3 is 2.17 bits per heavy atom. The fourth-order valence-corrected chi connectivity index (χ4v) is 6.27. The summed E-state index contributed by atoms with van der Waals surface area (Å²) in [6.45, 7) is 0. The number of imide groups is 1. The Labute approximate surface area is 182 Å². The van der Waals surface area contributed by atoms with Crippen molar-refractivity contribution in [3.05, 3.63) is 58.8 Å². The minimum absolute atomic E-state index is 0.0816. The van der Waals surface area contributed by atoms with E-state index < -0.39 is 33.7 Å². The van der Waals surface area contributed by atoms with Gasteiger partial charge in [-0.1, -0.05) is 28.8 Å². The number of carbonyl (C=O) groups excluding carboxylic acids is 2. The molecule has 1 saturated heterocycles. The average Bonchev–Trinajstić information content (AvgIpc) is 3.32. The van der Waals surface area contributed by atoms with Crippen molar-refractivity contribution < 1.29 is 22.4 Å². The van der Waals surface area contributed by atoms with Gasteiger partial charge in [-0.25, -0.2) is 17.7 Å². The highest BCUT2D eigenvalue weighted by atomic mass is 79.9. The summed E-state index contributed by atoms with van der Waals surface area (Å²) in [4.78, 5) is 27.0. The van der Waals surface area contributed by atoms with E-state index in [0.717, 1.165) is 34.3 Å². The minimum atomic E-state index is -4.00. The molecule has 0 bridgehead atoms. The summed E-state index contributed by atoms with van der Waals surface area (Å²) >= 11 is 3.30. The van der Waals surface area contributed by atoms with Crippen LogP contribution in [0.15, 0.2) is 57.9 Å². The Balaban J connectivity index is 1.73. The number of halogens is 2. The van der Waals surface area contributed by atoms with E-state index in [1.807, 2.05) is 0 Å². The highest BCUT2D eigenvalue weighted by molar-refractivity contribution is 9.10. The molecule has 1 aliphatic heterocycles. The van der Waals surface area contributed by atoms with Crippen molar-refractivity contribution in [2.45, 2.75) is 49.1 Å². The Morgan fingerprint density at radius 1 is 0.967 bits per heavy atom. The number of nitrogens with zero attached hydrogens (tertiary/aromatic N) is 2. The first-order valence-electron chi connectivity index (χ1n) is 9.70. The Morgan fingerprint density at radius 2 is 1.57 bits per heavy atom. The summed E-state index contributed by atoms with van der Waals surface area (Å²) in [5, 5.41) is 0. The summed E-state index contributed by atoms with van der Waals surface area (Å²) < 4.78 is 42.3. The molecule has 2 aromatic rings. The van der Waals surface area contributed by atoms with E-state index in [2.05, 4.69) is 15.9 Å². The number of rotatable bonds is 5. The average molecular weight is 495 g/mol. The highest BCUT2D eigenvalue weighted by Gasteiger charge is 2.49. The van der Waals surface area contributed by atoms with Crippen molar-refractivity contribution in [1.29, 1.82) is 0 Å². The second-order valence-electron chi connectivity index (χ2n) is 7.49. The molecule has 2 amide bonds. The number of benzene rings is 2. The first-order chi connectivity index (χ1) is 14.3. The van der Waals surface area contributed by atoms with E-state index in [0.29, 0.717) is 12.8 Å². The zero-order chi connectivity index (χ0) is 21.5. The number of amides is 2. The molecule has 0 spiro atoms. The van der Waals surface area contributed by atoms with Crippen LogP contribution in [0, 0.1) is 5.82 Å². The fourth-order valence-electron chi connectivity index (χ4n) is 4.18. The molecule has 0 N–H and O–H groups in total. The van der Waals surface area contributed by atoms with Gasteiger partial charge < -0.3 is 0 Å². The lowest BCUT2D eigenvalue weighted by Gasteiger charge is -2.32. The molecule has 0 aromatic heterocycles. The molecule has 158 valence electrons. The zero-order valence-corrected chi connectivity index (χ0v) is 18.4. The number of sulfonamides is 1. The van der Waals surface area contributed by atoms with Crippen LogP contribution in [-0.2, 0) is 19.6 Å². The number of hydrogen-bond acceptors (Lipinski definition) is 4. The van der Waals surface area contributed by atoms with Crippen molar-refractivity contribution in [2.24, 2.45) is 0 Å². The van der Waals surface area contributed by atoms with Gasteiger partial charge in [0.2, 0.25) is 15.9 Å². The van der Waals surface area contributed by atoms with Crippen LogP contribution in [0.4, 0.5) is 10.1 Å². The van der Waals surface area contributed by atoms with Gasteiger partial charge in [0.15, 0.2) is 0 Å². The molecule has 1 heterocycles. The molecule has 1 unspecified atom stereocenters. The first kappa shape index (κ1) is 21.1. The van der Waals surface area contributed by atoms with Crippen molar-refractivity contribution in [1.82, 2.24) is 4.31 Å². The molecule has 6 nitrogen and oxygen atoms in total.